The van der Waals surface area contributed by atoms with Crippen LogP contribution in [-0.4, -0.2) is 9.97 Å². The summed E-state index contributed by atoms with van der Waals surface area (Å²) in [7, 11) is 0. The first-order valence-electron chi connectivity index (χ1n) is 7.31. The molecule has 2 heteroatoms. The predicted molar refractivity (Wildman–Crippen MR) is 75.6 cm³/mol. The van der Waals surface area contributed by atoms with Gasteiger partial charge >= 0.3 is 0 Å². The van der Waals surface area contributed by atoms with E-state index in [4.69, 9.17) is 4.98 Å². The number of hydrogen-bond donors (Lipinski definition) is 0. The van der Waals surface area contributed by atoms with E-state index in [0.29, 0.717) is 5.41 Å². The molecule has 100 valence electrons. The maximum absolute atomic E-state index is 4.72. The molecule has 0 saturated carbocycles. The van der Waals surface area contributed by atoms with Crippen LogP contribution >= 0.6 is 0 Å². The fraction of sp³-hybridized carbons (Fsp3) is 0.750. The molecule has 0 fully saturated rings. The first-order chi connectivity index (χ1) is 8.48. The predicted octanol–water partition coefficient (Wildman–Crippen LogP) is 3.97. The molecule has 0 amide bonds. The Bertz CT molecular complexity index is 404. The Morgan fingerprint density at radius 3 is 2.78 bits per heavy atom. The van der Waals surface area contributed by atoms with Crippen LogP contribution in [0.4, 0.5) is 0 Å². The van der Waals surface area contributed by atoms with Crippen LogP contribution in [0.2, 0.25) is 0 Å². The standard InChI is InChI=1S/C16H26N2/c1-5-6-15-17-11-13-9-12(10-16(2,3)4)7-8-14(13)18-15/h11-12H,5-10H2,1-4H3. The minimum Gasteiger partial charge on any atom is -0.241 e. The fourth-order valence-electron chi connectivity index (χ4n) is 3.01. The molecule has 0 spiro atoms. The van der Waals surface area contributed by atoms with Gasteiger partial charge in [0, 0.05) is 18.3 Å². The second-order valence-corrected chi connectivity index (χ2v) is 6.88. The normalized spacial score (nSPS) is 19.7. The van der Waals surface area contributed by atoms with E-state index in [9.17, 15) is 0 Å². The van der Waals surface area contributed by atoms with Gasteiger partial charge in [-0.3, -0.25) is 0 Å². The summed E-state index contributed by atoms with van der Waals surface area (Å²) in [5, 5.41) is 0. The average Bonchev–Trinajstić information content (AvgIpc) is 2.27. The van der Waals surface area contributed by atoms with Crippen molar-refractivity contribution in [3.05, 3.63) is 23.3 Å². The maximum Gasteiger partial charge on any atom is 0.128 e. The Kier molecular flexibility index (Phi) is 4.04. The van der Waals surface area contributed by atoms with Crippen LogP contribution in [0.1, 0.15) is 64.0 Å². The van der Waals surface area contributed by atoms with Gasteiger partial charge in [-0.25, -0.2) is 9.97 Å². The lowest BCUT2D eigenvalue weighted by molar-refractivity contribution is 0.272. The SMILES string of the molecule is CCCc1ncc2c(n1)CCC(CC(C)(C)C)C2. The van der Waals surface area contributed by atoms with Crippen molar-refractivity contribution in [1.29, 1.82) is 0 Å². The van der Waals surface area contributed by atoms with Crippen LogP contribution in [0.5, 0.6) is 0 Å². The van der Waals surface area contributed by atoms with E-state index in [1.54, 1.807) is 0 Å². The molecule has 0 aromatic carbocycles. The maximum atomic E-state index is 4.72. The molecule has 0 aliphatic heterocycles. The number of aromatic nitrogens is 2. The number of aryl methyl sites for hydroxylation is 2. The van der Waals surface area contributed by atoms with E-state index in [-0.39, 0.29) is 0 Å². The molecule has 1 aliphatic carbocycles. The topological polar surface area (TPSA) is 25.8 Å². The second-order valence-electron chi connectivity index (χ2n) is 6.88. The number of rotatable bonds is 3. The third kappa shape index (κ3) is 3.54. The molecule has 0 bridgehead atoms. The lowest BCUT2D eigenvalue weighted by atomic mass is 9.77. The Balaban J connectivity index is 2.06. The number of fused-ring (bicyclic) bond motifs is 1. The van der Waals surface area contributed by atoms with Crippen molar-refractivity contribution in [3.63, 3.8) is 0 Å². The molecule has 1 atom stereocenters. The smallest absolute Gasteiger partial charge is 0.128 e. The van der Waals surface area contributed by atoms with Gasteiger partial charge in [0.05, 0.1) is 0 Å². The van der Waals surface area contributed by atoms with Gasteiger partial charge in [0.2, 0.25) is 0 Å². The van der Waals surface area contributed by atoms with Gasteiger partial charge in [0.1, 0.15) is 5.82 Å². The van der Waals surface area contributed by atoms with Gasteiger partial charge < -0.3 is 0 Å². The molecule has 0 radical (unpaired) electrons. The Morgan fingerprint density at radius 2 is 2.11 bits per heavy atom. The molecular weight excluding hydrogens is 220 g/mol. The minimum absolute atomic E-state index is 0.436. The molecule has 1 aliphatic rings. The van der Waals surface area contributed by atoms with Crippen molar-refractivity contribution in [1.82, 2.24) is 9.97 Å². The van der Waals surface area contributed by atoms with Crippen molar-refractivity contribution in [2.75, 3.05) is 0 Å². The molecule has 0 N–H and O–H groups in total. The second kappa shape index (κ2) is 5.38. The molecule has 18 heavy (non-hydrogen) atoms. The first kappa shape index (κ1) is 13.5. The van der Waals surface area contributed by atoms with Crippen molar-refractivity contribution < 1.29 is 0 Å². The van der Waals surface area contributed by atoms with Crippen molar-refractivity contribution in [3.8, 4) is 0 Å². The zero-order valence-corrected chi connectivity index (χ0v) is 12.3. The zero-order chi connectivity index (χ0) is 13.2. The lowest BCUT2D eigenvalue weighted by Crippen LogP contribution is -2.21. The zero-order valence-electron chi connectivity index (χ0n) is 12.3. The largest absolute Gasteiger partial charge is 0.241 e. The van der Waals surface area contributed by atoms with Crippen LogP contribution in [0, 0.1) is 11.3 Å². The molecule has 1 heterocycles. The summed E-state index contributed by atoms with van der Waals surface area (Å²) in [6.45, 7) is 9.19. The number of hydrogen-bond acceptors (Lipinski definition) is 2. The molecule has 0 saturated heterocycles. The van der Waals surface area contributed by atoms with Gasteiger partial charge in [-0.15, -0.1) is 0 Å². The third-order valence-electron chi connectivity index (χ3n) is 3.68. The first-order valence-corrected chi connectivity index (χ1v) is 7.31. The van der Waals surface area contributed by atoms with Crippen LogP contribution in [0.15, 0.2) is 6.20 Å². The summed E-state index contributed by atoms with van der Waals surface area (Å²) >= 11 is 0. The summed E-state index contributed by atoms with van der Waals surface area (Å²) in [6.07, 6.45) is 9.16. The van der Waals surface area contributed by atoms with Crippen LogP contribution in [0.3, 0.4) is 0 Å². The summed E-state index contributed by atoms with van der Waals surface area (Å²) in [6, 6.07) is 0. The fourth-order valence-corrected chi connectivity index (χ4v) is 3.01. The Morgan fingerprint density at radius 1 is 1.33 bits per heavy atom. The highest BCUT2D eigenvalue weighted by atomic mass is 14.9. The van der Waals surface area contributed by atoms with E-state index in [2.05, 4.69) is 38.9 Å². The van der Waals surface area contributed by atoms with Crippen molar-refractivity contribution in [2.24, 2.45) is 11.3 Å². The van der Waals surface area contributed by atoms with Crippen molar-refractivity contribution in [2.45, 2.75) is 66.2 Å². The summed E-state index contributed by atoms with van der Waals surface area (Å²) < 4.78 is 0. The molecule has 2 rings (SSSR count). The highest BCUT2D eigenvalue weighted by Crippen LogP contribution is 2.33. The Labute approximate surface area is 111 Å². The summed E-state index contributed by atoms with van der Waals surface area (Å²) in [5.74, 6) is 1.85. The highest BCUT2D eigenvalue weighted by Gasteiger charge is 2.24. The monoisotopic (exact) mass is 246 g/mol. The average molecular weight is 246 g/mol. The van der Waals surface area contributed by atoms with Crippen LogP contribution in [0.25, 0.3) is 0 Å². The quantitative estimate of drug-likeness (QED) is 0.806. The van der Waals surface area contributed by atoms with E-state index >= 15 is 0 Å². The Hall–Kier alpha value is -0.920. The molecular formula is C16H26N2. The molecule has 1 aromatic rings. The molecule has 1 unspecified atom stereocenters. The van der Waals surface area contributed by atoms with E-state index in [1.165, 1.54) is 30.5 Å². The summed E-state index contributed by atoms with van der Waals surface area (Å²) in [5.41, 5.74) is 3.15. The van der Waals surface area contributed by atoms with Crippen molar-refractivity contribution >= 4 is 0 Å². The van der Waals surface area contributed by atoms with Gasteiger partial charge in [-0.2, -0.15) is 0 Å². The van der Waals surface area contributed by atoms with E-state index in [0.717, 1.165) is 31.0 Å². The minimum atomic E-state index is 0.436. The van der Waals surface area contributed by atoms with Gasteiger partial charge in [0.25, 0.3) is 0 Å². The third-order valence-corrected chi connectivity index (χ3v) is 3.68. The molecule has 1 aromatic heterocycles. The van der Waals surface area contributed by atoms with E-state index < -0.39 is 0 Å². The van der Waals surface area contributed by atoms with Gasteiger partial charge in [-0.05, 0) is 49.0 Å². The highest BCUT2D eigenvalue weighted by molar-refractivity contribution is 5.21. The summed E-state index contributed by atoms with van der Waals surface area (Å²) in [4.78, 5) is 9.22. The van der Waals surface area contributed by atoms with E-state index in [1.807, 2.05) is 0 Å². The molecule has 2 nitrogen and oxygen atoms in total. The van der Waals surface area contributed by atoms with Crippen LogP contribution < -0.4 is 0 Å². The van der Waals surface area contributed by atoms with Crippen LogP contribution in [-0.2, 0) is 19.3 Å². The number of nitrogens with zero attached hydrogens (tertiary/aromatic N) is 2. The van der Waals surface area contributed by atoms with Gasteiger partial charge in [0.15, 0.2) is 0 Å². The lowest BCUT2D eigenvalue weighted by Gasteiger charge is -2.29. The van der Waals surface area contributed by atoms with Gasteiger partial charge in [-0.1, -0.05) is 27.7 Å².